The molecule has 0 atom stereocenters. The highest BCUT2D eigenvalue weighted by atomic mass is 19.4. The molecule has 2 aromatic rings. The molecular weight excluding hydrogens is 316 g/mol. The molecular formula is C15H12F4N2O2. The molecule has 2 rings (SSSR count). The van der Waals surface area contributed by atoms with E-state index in [1.165, 1.54) is 30.5 Å². The van der Waals surface area contributed by atoms with Crippen LogP contribution < -0.4 is 10.1 Å². The highest BCUT2D eigenvalue weighted by Gasteiger charge is 2.29. The van der Waals surface area contributed by atoms with Crippen LogP contribution in [0.25, 0.3) is 0 Å². The Morgan fingerprint density at radius 1 is 1.30 bits per heavy atom. The summed E-state index contributed by atoms with van der Waals surface area (Å²) >= 11 is 0. The highest BCUT2D eigenvalue weighted by Crippen LogP contribution is 2.22. The molecule has 1 N–H and O–H groups in total. The average molecular weight is 328 g/mol. The van der Waals surface area contributed by atoms with Gasteiger partial charge in [-0.2, -0.15) is 13.2 Å². The molecule has 0 radical (unpaired) electrons. The second kappa shape index (κ2) is 6.64. The number of halogens is 4. The van der Waals surface area contributed by atoms with Gasteiger partial charge in [0.1, 0.15) is 11.4 Å². The molecule has 1 aromatic heterocycles. The molecule has 0 aliphatic heterocycles. The Hall–Kier alpha value is -2.64. The van der Waals surface area contributed by atoms with Crippen LogP contribution in [0.4, 0.5) is 23.2 Å². The molecule has 0 aliphatic rings. The number of ether oxygens (including phenoxy) is 1. The summed E-state index contributed by atoms with van der Waals surface area (Å²) in [6, 6.07) is 6.46. The van der Waals surface area contributed by atoms with Crippen LogP contribution >= 0.6 is 0 Å². The van der Waals surface area contributed by atoms with Crippen molar-refractivity contribution in [3.05, 3.63) is 53.5 Å². The van der Waals surface area contributed by atoms with Crippen molar-refractivity contribution in [2.45, 2.75) is 13.1 Å². The maximum absolute atomic E-state index is 13.2. The van der Waals surface area contributed by atoms with Crippen LogP contribution in [0.2, 0.25) is 0 Å². The zero-order valence-corrected chi connectivity index (χ0v) is 11.9. The fourth-order valence-electron chi connectivity index (χ4n) is 1.75. The number of nitrogens with one attached hydrogen (secondary N) is 1. The maximum Gasteiger partial charge on any atom is 0.422 e. The van der Waals surface area contributed by atoms with E-state index in [4.69, 9.17) is 0 Å². The van der Waals surface area contributed by atoms with Crippen LogP contribution in [-0.2, 0) is 0 Å². The first-order chi connectivity index (χ1) is 10.8. The van der Waals surface area contributed by atoms with Gasteiger partial charge in [0.2, 0.25) is 5.88 Å². The first kappa shape index (κ1) is 16.7. The van der Waals surface area contributed by atoms with Gasteiger partial charge in [0.15, 0.2) is 6.61 Å². The van der Waals surface area contributed by atoms with Gasteiger partial charge in [0, 0.05) is 11.9 Å². The second-order valence-corrected chi connectivity index (χ2v) is 4.67. The average Bonchev–Trinajstić information content (AvgIpc) is 2.48. The summed E-state index contributed by atoms with van der Waals surface area (Å²) in [7, 11) is 0. The van der Waals surface area contributed by atoms with Crippen molar-refractivity contribution >= 4 is 11.6 Å². The van der Waals surface area contributed by atoms with Gasteiger partial charge in [-0.15, -0.1) is 0 Å². The molecule has 0 saturated heterocycles. The Morgan fingerprint density at radius 2 is 2.04 bits per heavy atom. The van der Waals surface area contributed by atoms with Gasteiger partial charge in [0.05, 0.1) is 0 Å². The highest BCUT2D eigenvalue weighted by molar-refractivity contribution is 6.06. The Bertz CT molecular complexity index is 717. The molecule has 0 unspecified atom stereocenters. The largest absolute Gasteiger partial charge is 0.467 e. The first-order valence-electron chi connectivity index (χ1n) is 6.48. The van der Waals surface area contributed by atoms with Gasteiger partial charge in [-0.05, 0) is 36.8 Å². The zero-order chi connectivity index (χ0) is 17.0. The van der Waals surface area contributed by atoms with Gasteiger partial charge in [-0.3, -0.25) is 4.79 Å². The lowest BCUT2D eigenvalue weighted by Crippen LogP contribution is -2.22. The number of hydrogen-bond donors (Lipinski definition) is 1. The number of anilines is 1. The van der Waals surface area contributed by atoms with Crippen molar-refractivity contribution in [2.24, 2.45) is 0 Å². The molecule has 0 saturated carbocycles. The normalized spacial score (nSPS) is 11.2. The summed E-state index contributed by atoms with van der Waals surface area (Å²) in [4.78, 5) is 15.8. The number of amides is 1. The van der Waals surface area contributed by atoms with Gasteiger partial charge >= 0.3 is 6.18 Å². The summed E-state index contributed by atoms with van der Waals surface area (Å²) in [5.41, 5.74) is 0.627. The summed E-state index contributed by atoms with van der Waals surface area (Å²) in [6.07, 6.45) is -3.35. The number of hydrogen-bond acceptors (Lipinski definition) is 3. The quantitative estimate of drug-likeness (QED) is 0.870. The number of aryl methyl sites for hydroxylation is 1. The number of nitrogens with zero attached hydrogens (tertiary/aromatic N) is 1. The molecule has 1 heterocycles. The molecule has 4 nitrogen and oxygen atoms in total. The Balaban J connectivity index is 2.21. The van der Waals surface area contributed by atoms with Gasteiger partial charge in [-0.1, -0.05) is 6.07 Å². The molecule has 1 aromatic carbocycles. The van der Waals surface area contributed by atoms with E-state index in [0.29, 0.717) is 5.56 Å². The number of benzene rings is 1. The van der Waals surface area contributed by atoms with E-state index in [1.807, 2.05) is 0 Å². The number of carbonyl (C=O) groups excluding carboxylic acids is 1. The number of pyridine rings is 1. The van der Waals surface area contributed by atoms with E-state index >= 15 is 0 Å². The van der Waals surface area contributed by atoms with E-state index in [9.17, 15) is 22.4 Å². The molecule has 0 bridgehead atoms. The topological polar surface area (TPSA) is 51.2 Å². The smallest absolute Gasteiger partial charge is 0.422 e. The summed E-state index contributed by atoms with van der Waals surface area (Å²) < 4.78 is 54.4. The lowest BCUT2D eigenvalue weighted by Gasteiger charge is -2.13. The lowest BCUT2D eigenvalue weighted by molar-refractivity contribution is -0.154. The third-order valence-electron chi connectivity index (χ3n) is 2.84. The van der Waals surface area contributed by atoms with E-state index < -0.39 is 30.4 Å². The van der Waals surface area contributed by atoms with Crippen molar-refractivity contribution in [3.63, 3.8) is 0 Å². The van der Waals surface area contributed by atoms with E-state index in [2.05, 4.69) is 15.0 Å². The molecule has 0 spiro atoms. The third-order valence-corrected chi connectivity index (χ3v) is 2.84. The lowest BCUT2D eigenvalue weighted by atomic mass is 10.2. The minimum Gasteiger partial charge on any atom is -0.467 e. The monoisotopic (exact) mass is 328 g/mol. The molecule has 0 fully saturated rings. The van der Waals surface area contributed by atoms with Crippen LogP contribution in [0.3, 0.4) is 0 Å². The number of rotatable bonds is 4. The van der Waals surface area contributed by atoms with Crippen LogP contribution in [0.1, 0.15) is 15.9 Å². The summed E-state index contributed by atoms with van der Waals surface area (Å²) in [5.74, 6) is -1.74. The van der Waals surface area contributed by atoms with Crippen molar-refractivity contribution < 1.29 is 27.1 Å². The van der Waals surface area contributed by atoms with Gasteiger partial charge in [0.25, 0.3) is 5.91 Å². The number of alkyl halides is 3. The third kappa shape index (κ3) is 4.67. The first-order valence-corrected chi connectivity index (χ1v) is 6.48. The van der Waals surface area contributed by atoms with Gasteiger partial charge in [-0.25, -0.2) is 9.37 Å². The minimum atomic E-state index is -4.55. The van der Waals surface area contributed by atoms with Gasteiger partial charge < -0.3 is 10.1 Å². The minimum absolute atomic E-state index is 0.180. The van der Waals surface area contributed by atoms with Crippen molar-refractivity contribution in [1.29, 1.82) is 0 Å². The summed E-state index contributed by atoms with van der Waals surface area (Å²) in [5, 5.41) is 2.42. The second-order valence-electron chi connectivity index (χ2n) is 4.67. The SMILES string of the molecule is Cc1ccc(F)cc1NC(=O)c1cccnc1OCC(F)(F)F. The Morgan fingerprint density at radius 3 is 2.74 bits per heavy atom. The number of carbonyl (C=O) groups is 1. The van der Waals surface area contributed by atoms with Crippen molar-refractivity contribution in [2.75, 3.05) is 11.9 Å². The molecule has 8 heteroatoms. The molecule has 0 aliphatic carbocycles. The zero-order valence-electron chi connectivity index (χ0n) is 11.9. The number of aromatic nitrogens is 1. The van der Waals surface area contributed by atoms with E-state index in [1.54, 1.807) is 6.92 Å². The van der Waals surface area contributed by atoms with Crippen LogP contribution in [-0.4, -0.2) is 23.7 Å². The fraction of sp³-hybridized carbons (Fsp3) is 0.200. The van der Waals surface area contributed by atoms with Crippen molar-refractivity contribution in [1.82, 2.24) is 4.98 Å². The van der Waals surface area contributed by atoms with Crippen LogP contribution in [0.15, 0.2) is 36.5 Å². The Kier molecular flexibility index (Phi) is 4.83. The fourth-order valence-corrected chi connectivity index (χ4v) is 1.75. The molecule has 23 heavy (non-hydrogen) atoms. The van der Waals surface area contributed by atoms with Crippen molar-refractivity contribution in [3.8, 4) is 5.88 Å². The predicted octanol–water partition coefficient (Wildman–Crippen LogP) is 3.72. The van der Waals surface area contributed by atoms with Crippen LogP contribution in [0.5, 0.6) is 5.88 Å². The van der Waals surface area contributed by atoms with E-state index in [-0.39, 0.29) is 11.3 Å². The summed E-state index contributed by atoms with van der Waals surface area (Å²) in [6.45, 7) is 0.0860. The standard InChI is InChI=1S/C15H12F4N2O2/c1-9-4-5-10(16)7-12(9)21-13(22)11-3-2-6-20-14(11)23-8-15(17,18)19/h2-7H,8H2,1H3,(H,21,22). The molecule has 1 amide bonds. The maximum atomic E-state index is 13.2. The van der Waals surface area contributed by atoms with E-state index in [0.717, 1.165) is 6.07 Å². The van der Waals surface area contributed by atoms with Crippen LogP contribution in [0, 0.1) is 12.7 Å². The predicted molar refractivity (Wildman–Crippen MR) is 74.9 cm³/mol. The molecule has 122 valence electrons. The Labute approximate surface area is 129 Å².